The van der Waals surface area contributed by atoms with Crippen LogP contribution in [-0.4, -0.2) is 41.2 Å². The Hall–Kier alpha value is -2.07. The number of alkyl halides is 3. The van der Waals surface area contributed by atoms with E-state index in [2.05, 4.69) is 5.10 Å². The Bertz CT molecular complexity index is 1040. The number of ether oxygens (including phenoxy) is 1. The zero-order valence-corrected chi connectivity index (χ0v) is 17.6. The van der Waals surface area contributed by atoms with E-state index in [0.29, 0.717) is 12.2 Å². The maximum Gasteiger partial charge on any atom is 0.416 e. The van der Waals surface area contributed by atoms with Crippen molar-refractivity contribution in [1.29, 1.82) is 0 Å². The Morgan fingerprint density at radius 1 is 1.27 bits per heavy atom. The zero-order chi connectivity index (χ0) is 21.7. The van der Waals surface area contributed by atoms with Crippen LogP contribution in [0.2, 0.25) is 0 Å². The third kappa shape index (κ3) is 3.60. The van der Waals surface area contributed by atoms with Gasteiger partial charge in [-0.05, 0) is 57.2 Å². The fraction of sp³-hybridized carbons (Fsp3) is 0.550. The molecule has 2 heterocycles. The summed E-state index contributed by atoms with van der Waals surface area (Å²) >= 11 is 0. The Kier molecular flexibility index (Phi) is 5.34. The van der Waals surface area contributed by atoms with Crippen molar-refractivity contribution in [2.45, 2.75) is 62.8 Å². The summed E-state index contributed by atoms with van der Waals surface area (Å²) in [6.07, 6.45) is -0.661. The lowest BCUT2D eigenvalue weighted by molar-refractivity contribution is -0.137. The first-order valence-electron chi connectivity index (χ1n) is 9.99. The van der Waals surface area contributed by atoms with E-state index >= 15 is 0 Å². The second-order valence-electron chi connectivity index (χ2n) is 7.88. The molecule has 1 aromatic carbocycles. The van der Waals surface area contributed by atoms with E-state index < -0.39 is 27.8 Å². The van der Waals surface area contributed by atoms with E-state index in [-0.39, 0.29) is 29.2 Å². The summed E-state index contributed by atoms with van der Waals surface area (Å²) in [6, 6.07) is 4.15. The number of sulfonamides is 1. The van der Waals surface area contributed by atoms with Crippen LogP contribution >= 0.6 is 0 Å². The molecule has 0 amide bonds. The van der Waals surface area contributed by atoms with Crippen LogP contribution in [-0.2, 0) is 22.7 Å². The highest BCUT2D eigenvalue weighted by molar-refractivity contribution is 7.89. The van der Waals surface area contributed by atoms with Gasteiger partial charge in [0.25, 0.3) is 0 Å². The summed E-state index contributed by atoms with van der Waals surface area (Å²) in [5, 5.41) is 4.16. The molecule has 30 heavy (non-hydrogen) atoms. The van der Waals surface area contributed by atoms with E-state index in [4.69, 9.17) is 4.74 Å². The van der Waals surface area contributed by atoms with E-state index in [0.717, 1.165) is 31.4 Å². The largest absolute Gasteiger partial charge is 0.492 e. The van der Waals surface area contributed by atoms with Crippen molar-refractivity contribution < 1.29 is 26.3 Å². The zero-order valence-electron chi connectivity index (χ0n) is 16.8. The molecule has 1 saturated carbocycles. The molecule has 10 heteroatoms. The van der Waals surface area contributed by atoms with Crippen LogP contribution in [0.1, 0.15) is 37.4 Å². The first kappa shape index (κ1) is 21.2. The first-order chi connectivity index (χ1) is 14.1. The molecule has 164 valence electrons. The average molecular weight is 443 g/mol. The molecule has 2 unspecified atom stereocenters. The summed E-state index contributed by atoms with van der Waals surface area (Å²) in [6.45, 7) is 4.20. The lowest BCUT2D eigenvalue weighted by Gasteiger charge is -2.34. The van der Waals surface area contributed by atoms with Crippen molar-refractivity contribution in [2.75, 3.05) is 6.61 Å². The van der Waals surface area contributed by atoms with E-state index in [1.807, 2.05) is 6.92 Å². The van der Waals surface area contributed by atoms with E-state index in [1.54, 1.807) is 11.6 Å². The maximum atomic E-state index is 13.5. The number of nitrogens with zero attached hydrogens (tertiary/aromatic N) is 3. The molecule has 2 fully saturated rings. The number of piperidine rings is 1. The molecule has 0 spiro atoms. The molecule has 0 radical (unpaired) electrons. The fourth-order valence-electron chi connectivity index (χ4n) is 4.69. The summed E-state index contributed by atoms with van der Waals surface area (Å²) in [7, 11) is -3.78. The number of fused-ring (bicyclic) bond motifs is 2. The Labute approximate surface area is 173 Å². The van der Waals surface area contributed by atoms with Gasteiger partial charge in [-0.3, -0.25) is 4.68 Å². The number of aromatic nitrogens is 2. The van der Waals surface area contributed by atoms with Crippen LogP contribution in [0.4, 0.5) is 13.2 Å². The van der Waals surface area contributed by atoms with Crippen LogP contribution in [0, 0.1) is 12.8 Å². The van der Waals surface area contributed by atoms with Crippen LogP contribution in [0.15, 0.2) is 35.4 Å². The predicted octanol–water partition coefficient (Wildman–Crippen LogP) is 3.85. The van der Waals surface area contributed by atoms with Crippen LogP contribution < -0.4 is 4.74 Å². The standard InChI is InChI=1S/C20H24F3N3O3S/c1-3-25-13(2)19(11-24-25)30(27,28)26-16-8-7-14(9-16)18(26)12-29-17-6-4-5-15(10-17)20(21,22)23/h4-6,10-11,14,16,18H,3,7-9,12H2,1-2H3/t14?,16?,18-/m1/s1. The molecular weight excluding hydrogens is 419 g/mol. The maximum absolute atomic E-state index is 13.5. The number of halogens is 3. The minimum absolute atomic E-state index is 0.0165. The van der Waals surface area contributed by atoms with E-state index in [1.165, 1.54) is 22.6 Å². The van der Waals surface area contributed by atoms with Gasteiger partial charge in [-0.2, -0.15) is 22.6 Å². The lowest BCUT2D eigenvalue weighted by Crippen LogP contribution is -2.47. The second kappa shape index (κ2) is 7.56. The van der Waals surface area contributed by atoms with Gasteiger partial charge in [-0.15, -0.1) is 0 Å². The van der Waals surface area contributed by atoms with Gasteiger partial charge >= 0.3 is 6.18 Å². The highest BCUT2D eigenvalue weighted by atomic mass is 32.2. The highest BCUT2D eigenvalue weighted by Gasteiger charge is 2.52. The molecule has 2 aliphatic rings. The molecule has 1 aromatic heterocycles. The normalized spacial score (nSPS) is 24.5. The summed E-state index contributed by atoms with van der Waals surface area (Å²) in [4.78, 5) is 0.181. The SMILES string of the molecule is CCn1ncc(S(=O)(=O)N2C3CCC(C3)[C@H]2COc2cccc(C(F)(F)F)c2)c1C. The molecule has 1 aliphatic heterocycles. The molecule has 6 nitrogen and oxygen atoms in total. The third-order valence-corrected chi connectivity index (χ3v) is 8.25. The monoisotopic (exact) mass is 443 g/mol. The van der Waals surface area contributed by atoms with Gasteiger partial charge in [-0.25, -0.2) is 8.42 Å². The molecule has 2 bridgehead atoms. The molecule has 1 aliphatic carbocycles. The van der Waals surface area contributed by atoms with Crippen molar-refractivity contribution in [3.8, 4) is 5.75 Å². The number of benzene rings is 1. The van der Waals surface area contributed by atoms with Crippen LogP contribution in [0.3, 0.4) is 0 Å². The van der Waals surface area contributed by atoms with Gasteiger partial charge in [0.1, 0.15) is 17.3 Å². The fourth-order valence-corrected chi connectivity index (χ4v) is 6.75. The number of hydrogen-bond donors (Lipinski definition) is 0. The van der Waals surface area contributed by atoms with Gasteiger partial charge in [0.05, 0.1) is 23.5 Å². The minimum atomic E-state index is -4.46. The molecule has 4 rings (SSSR count). The topological polar surface area (TPSA) is 64.4 Å². The first-order valence-corrected chi connectivity index (χ1v) is 11.4. The van der Waals surface area contributed by atoms with Gasteiger partial charge in [0.15, 0.2) is 0 Å². The van der Waals surface area contributed by atoms with Crippen molar-refractivity contribution in [1.82, 2.24) is 14.1 Å². The van der Waals surface area contributed by atoms with Crippen molar-refractivity contribution in [2.24, 2.45) is 5.92 Å². The minimum Gasteiger partial charge on any atom is -0.492 e. The van der Waals surface area contributed by atoms with Gasteiger partial charge in [0, 0.05) is 12.6 Å². The van der Waals surface area contributed by atoms with Crippen LogP contribution in [0.25, 0.3) is 0 Å². The average Bonchev–Trinajstić information content (AvgIpc) is 3.40. The Morgan fingerprint density at radius 3 is 2.70 bits per heavy atom. The van der Waals surface area contributed by atoms with Crippen molar-refractivity contribution in [3.05, 3.63) is 41.7 Å². The Balaban J connectivity index is 1.58. The second-order valence-corrected chi connectivity index (χ2v) is 9.69. The van der Waals surface area contributed by atoms with Gasteiger partial charge < -0.3 is 4.74 Å². The summed E-state index contributed by atoms with van der Waals surface area (Å²) < 4.78 is 74.6. The number of hydrogen-bond acceptors (Lipinski definition) is 4. The quantitative estimate of drug-likeness (QED) is 0.680. The van der Waals surface area contributed by atoms with E-state index in [9.17, 15) is 21.6 Å². The summed E-state index contributed by atoms with van der Waals surface area (Å²) in [5.74, 6) is 0.219. The van der Waals surface area contributed by atoms with Gasteiger partial charge in [0.2, 0.25) is 10.0 Å². The molecule has 3 atom stereocenters. The Morgan fingerprint density at radius 2 is 2.03 bits per heavy atom. The number of aryl methyl sites for hydroxylation is 1. The van der Waals surface area contributed by atoms with Crippen molar-refractivity contribution in [3.63, 3.8) is 0 Å². The predicted molar refractivity (Wildman–Crippen MR) is 104 cm³/mol. The smallest absolute Gasteiger partial charge is 0.416 e. The molecule has 2 aromatic rings. The van der Waals surface area contributed by atoms with Crippen molar-refractivity contribution >= 4 is 10.0 Å². The third-order valence-electron chi connectivity index (χ3n) is 6.17. The molecule has 1 saturated heterocycles. The highest BCUT2D eigenvalue weighted by Crippen LogP contribution is 2.45. The number of rotatable bonds is 6. The lowest BCUT2D eigenvalue weighted by atomic mass is 10.0. The van der Waals surface area contributed by atoms with Crippen LogP contribution in [0.5, 0.6) is 5.75 Å². The molecule has 0 N–H and O–H groups in total. The van der Waals surface area contributed by atoms with Gasteiger partial charge in [-0.1, -0.05) is 6.07 Å². The molecular formula is C20H24F3N3O3S. The summed E-state index contributed by atoms with van der Waals surface area (Å²) in [5.41, 5.74) is -0.210.